The van der Waals surface area contributed by atoms with E-state index >= 15 is 0 Å². The van der Waals surface area contributed by atoms with Crippen LogP contribution >= 0.6 is 0 Å². The zero-order valence-electron chi connectivity index (χ0n) is 17.8. The maximum Gasteiger partial charge on any atom is 0.416 e. The van der Waals surface area contributed by atoms with Crippen molar-refractivity contribution < 1.29 is 37.3 Å². The van der Waals surface area contributed by atoms with E-state index in [0.29, 0.717) is 24.3 Å². The zero-order valence-corrected chi connectivity index (χ0v) is 17.8. The van der Waals surface area contributed by atoms with Crippen molar-refractivity contribution in [1.82, 2.24) is 0 Å². The lowest BCUT2D eigenvalue weighted by Gasteiger charge is -2.30. The van der Waals surface area contributed by atoms with Crippen molar-refractivity contribution in [3.8, 4) is 22.6 Å². The highest BCUT2D eigenvalue weighted by molar-refractivity contribution is 5.85. The molecule has 1 aliphatic heterocycles. The summed E-state index contributed by atoms with van der Waals surface area (Å²) in [5, 5.41) is 10.6. The van der Waals surface area contributed by atoms with Crippen molar-refractivity contribution in [3.05, 3.63) is 47.0 Å². The molecule has 0 aliphatic carbocycles. The van der Waals surface area contributed by atoms with E-state index in [1.165, 1.54) is 0 Å². The molecule has 1 heterocycles. The number of ether oxygens (including phenoxy) is 3. The van der Waals surface area contributed by atoms with Gasteiger partial charge in [0.25, 0.3) is 0 Å². The summed E-state index contributed by atoms with van der Waals surface area (Å²) in [6, 6.07) is 6.62. The average Bonchev–Trinajstić information content (AvgIpc) is 2.69. The quantitative estimate of drug-likeness (QED) is 0.645. The number of carbonyl (C=O) groups is 1. The second-order valence-electron chi connectivity index (χ2n) is 8.33. The molecule has 2 aromatic carbocycles. The fourth-order valence-corrected chi connectivity index (χ4v) is 3.63. The van der Waals surface area contributed by atoms with Crippen molar-refractivity contribution >= 4 is 5.97 Å². The molecule has 0 amide bonds. The number of halogens is 3. The molecule has 3 rings (SSSR count). The Morgan fingerprint density at radius 1 is 1.16 bits per heavy atom. The highest BCUT2D eigenvalue weighted by Gasteiger charge is 2.42. The minimum Gasteiger partial charge on any atom is -0.507 e. The topological polar surface area (TPSA) is 65.0 Å². The van der Waals surface area contributed by atoms with E-state index in [2.05, 4.69) is 0 Å². The molecule has 1 aliphatic rings. The van der Waals surface area contributed by atoms with Crippen LogP contribution in [0, 0.1) is 0 Å². The molecule has 8 heteroatoms. The smallest absolute Gasteiger partial charge is 0.416 e. The Morgan fingerprint density at radius 2 is 1.87 bits per heavy atom. The van der Waals surface area contributed by atoms with Crippen molar-refractivity contribution in [2.24, 2.45) is 0 Å². The van der Waals surface area contributed by atoms with E-state index in [1.807, 2.05) is 0 Å². The Labute approximate surface area is 178 Å². The third kappa shape index (κ3) is 4.95. The highest BCUT2D eigenvalue weighted by atomic mass is 19.4. The van der Waals surface area contributed by atoms with E-state index in [-0.39, 0.29) is 5.56 Å². The monoisotopic (exact) mass is 438 g/mol. The van der Waals surface area contributed by atoms with E-state index in [4.69, 9.17) is 14.2 Å². The number of phenolic OH excluding ortho intramolecular Hbond substituents is 1. The number of hydrogen-bond acceptors (Lipinski definition) is 5. The molecule has 0 saturated heterocycles. The number of aromatic hydroxyl groups is 1. The fourth-order valence-electron chi connectivity index (χ4n) is 3.63. The van der Waals surface area contributed by atoms with Crippen LogP contribution in [-0.4, -0.2) is 30.4 Å². The largest absolute Gasteiger partial charge is 0.507 e. The van der Waals surface area contributed by atoms with Gasteiger partial charge in [0.05, 0.1) is 24.9 Å². The average molecular weight is 438 g/mol. The van der Waals surface area contributed by atoms with Crippen LogP contribution in [-0.2, 0) is 26.9 Å². The van der Waals surface area contributed by atoms with E-state index < -0.39 is 40.7 Å². The van der Waals surface area contributed by atoms with Crippen LogP contribution in [0.2, 0.25) is 0 Å². The first-order valence-electron chi connectivity index (χ1n) is 9.87. The molecule has 0 saturated carbocycles. The molecule has 1 atom stereocenters. The molecular formula is C23H25F3O5. The molecule has 0 bridgehead atoms. The second-order valence-corrected chi connectivity index (χ2v) is 8.33. The van der Waals surface area contributed by atoms with Crippen LogP contribution in [0.15, 0.2) is 30.3 Å². The maximum atomic E-state index is 14.0. The number of carbonyl (C=O) groups excluding carboxylic acids is 1. The normalized spacial score (nSPS) is 15.1. The van der Waals surface area contributed by atoms with E-state index in [9.17, 15) is 23.1 Å². The van der Waals surface area contributed by atoms with E-state index in [1.54, 1.807) is 39.0 Å². The predicted octanol–water partition coefficient (Wildman–Crippen LogP) is 5.43. The van der Waals surface area contributed by atoms with Gasteiger partial charge in [-0.05, 0) is 69.0 Å². The Hall–Kier alpha value is -2.74. The molecule has 0 fully saturated rings. The van der Waals surface area contributed by atoms with E-state index in [0.717, 1.165) is 31.2 Å². The van der Waals surface area contributed by atoms with Gasteiger partial charge >= 0.3 is 12.1 Å². The van der Waals surface area contributed by atoms with Gasteiger partial charge in [-0.1, -0.05) is 6.07 Å². The minimum absolute atomic E-state index is 0.122. The first kappa shape index (κ1) is 22.9. The van der Waals surface area contributed by atoms with Gasteiger partial charge in [-0.25, -0.2) is 4.79 Å². The van der Waals surface area contributed by atoms with Crippen LogP contribution in [0.25, 0.3) is 11.1 Å². The lowest BCUT2D eigenvalue weighted by molar-refractivity contribution is -0.166. The van der Waals surface area contributed by atoms with Crippen molar-refractivity contribution in [2.75, 3.05) is 13.7 Å². The molecule has 1 unspecified atom stereocenters. The molecule has 0 radical (unpaired) electrons. The molecule has 0 spiro atoms. The molecule has 1 N–H and O–H groups in total. The Kier molecular flexibility index (Phi) is 6.23. The van der Waals surface area contributed by atoms with Crippen LogP contribution in [0.3, 0.4) is 0 Å². The van der Waals surface area contributed by atoms with Crippen molar-refractivity contribution in [3.63, 3.8) is 0 Å². The van der Waals surface area contributed by atoms with Gasteiger partial charge in [0.1, 0.15) is 11.5 Å². The van der Waals surface area contributed by atoms with Crippen LogP contribution < -0.4 is 4.74 Å². The lowest BCUT2D eigenvalue weighted by atomic mass is 9.88. The molecule has 0 aromatic heterocycles. The summed E-state index contributed by atoms with van der Waals surface area (Å²) in [7, 11) is 1.08. The first-order chi connectivity index (χ1) is 14.4. The number of benzene rings is 2. The number of methoxy groups -OCH3 is 1. The lowest BCUT2D eigenvalue weighted by Crippen LogP contribution is -2.30. The third-order valence-corrected chi connectivity index (χ3v) is 4.87. The molecule has 31 heavy (non-hydrogen) atoms. The van der Waals surface area contributed by atoms with Crippen LogP contribution in [0.5, 0.6) is 11.5 Å². The number of rotatable bonds is 4. The summed E-state index contributed by atoms with van der Waals surface area (Å²) in [5.74, 6) is -0.738. The van der Waals surface area contributed by atoms with Crippen molar-refractivity contribution in [2.45, 2.75) is 51.5 Å². The highest BCUT2D eigenvalue weighted by Crippen LogP contribution is 2.46. The number of aryl methyl sites for hydroxylation is 1. The van der Waals surface area contributed by atoms with Gasteiger partial charge in [0.2, 0.25) is 0 Å². The van der Waals surface area contributed by atoms with Gasteiger partial charge in [0.15, 0.2) is 6.10 Å². The summed E-state index contributed by atoms with van der Waals surface area (Å²) in [5.41, 5.74) is -1.50. The Morgan fingerprint density at radius 3 is 2.48 bits per heavy atom. The fraction of sp³-hybridized carbons (Fsp3) is 0.435. The SMILES string of the molecule is COC(=O)C(OC(C)(C)C)c1c(C(F)(F)F)ccc(O)c1-c1ccc2c(c1)CCCO2. The first-order valence-corrected chi connectivity index (χ1v) is 9.87. The molecule has 168 valence electrons. The summed E-state index contributed by atoms with van der Waals surface area (Å²) >= 11 is 0. The van der Waals surface area contributed by atoms with Gasteiger partial charge in [-0.2, -0.15) is 13.2 Å². The number of fused-ring (bicyclic) bond motifs is 1. The second kappa shape index (κ2) is 8.42. The van der Waals surface area contributed by atoms with Gasteiger partial charge in [-0.3, -0.25) is 0 Å². The molecular weight excluding hydrogens is 413 g/mol. The number of hydrogen-bond donors (Lipinski definition) is 1. The number of alkyl halides is 3. The summed E-state index contributed by atoms with van der Waals surface area (Å²) in [6.07, 6.45) is -5.02. The minimum atomic E-state index is -4.79. The van der Waals surface area contributed by atoms with Gasteiger partial charge in [0, 0.05) is 11.1 Å². The van der Waals surface area contributed by atoms with Gasteiger partial charge in [-0.15, -0.1) is 0 Å². The molecule has 5 nitrogen and oxygen atoms in total. The van der Waals surface area contributed by atoms with Crippen molar-refractivity contribution in [1.29, 1.82) is 0 Å². The summed E-state index contributed by atoms with van der Waals surface area (Å²) in [4.78, 5) is 12.6. The summed E-state index contributed by atoms with van der Waals surface area (Å²) < 4.78 is 58.1. The van der Waals surface area contributed by atoms with Gasteiger partial charge < -0.3 is 19.3 Å². The third-order valence-electron chi connectivity index (χ3n) is 4.87. The molecule has 2 aromatic rings. The summed E-state index contributed by atoms with van der Waals surface area (Å²) in [6.45, 7) is 5.43. The number of phenols is 1. The maximum absolute atomic E-state index is 14.0. The Bertz CT molecular complexity index is 976. The number of esters is 1. The predicted molar refractivity (Wildman–Crippen MR) is 108 cm³/mol. The Balaban J connectivity index is 2.32. The van der Waals surface area contributed by atoms with Crippen LogP contribution in [0.1, 0.15) is 50.0 Å². The van der Waals surface area contributed by atoms with Crippen LogP contribution in [0.4, 0.5) is 13.2 Å². The standard InChI is InChI=1S/C23H25F3O5/c1-22(2,3)31-20(21(28)29-4)19-15(23(24,25)26)8-9-16(27)18(19)14-7-10-17-13(12-14)6-5-11-30-17/h7-10,12,20,27H,5-6,11H2,1-4H3. The zero-order chi connectivity index (χ0) is 23.0.